The fourth-order valence-electron chi connectivity index (χ4n) is 7.45. The van der Waals surface area contributed by atoms with Crippen molar-refractivity contribution < 1.29 is 13.9 Å². The molecular weight excluding hydrogens is 491 g/mol. The molecule has 204 valence electrons. The van der Waals surface area contributed by atoms with Gasteiger partial charge in [0.2, 0.25) is 0 Å². The Morgan fingerprint density at radius 1 is 1.15 bits per heavy atom. The van der Waals surface area contributed by atoms with E-state index in [1.54, 1.807) is 12.1 Å². The Morgan fingerprint density at radius 3 is 2.54 bits per heavy atom. The molecule has 7 heteroatoms. The van der Waals surface area contributed by atoms with E-state index in [1.165, 1.54) is 18.9 Å². The number of ether oxygens (including phenoxy) is 1. The van der Waals surface area contributed by atoms with Gasteiger partial charge in [0.05, 0.1) is 18.7 Å². The smallest absolute Gasteiger partial charge is 0.305 e. The maximum Gasteiger partial charge on any atom is 0.305 e. The maximum absolute atomic E-state index is 14.5. The van der Waals surface area contributed by atoms with Crippen molar-refractivity contribution in [1.82, 2.24) is 4.90 Å². The number of hydrogen-bond acceptors (Lipinski definition) is 5. The minimum atomic E-state index is -0.827. The Balaban J connectivity index is 1.26. The molecule has 2 saturated heterocycles. The zero-order chi connectivity index (χ0) is 27.4. The largest absolute Gasteiger partial charge is 0.469 e. The first kappa shape index (κ1) is 27.2. The quantitative estimate of drug-likeness (QED) is 0.328. The van der Waals surface area contributed by atoms with Crippen LogP contribution in [0.4, 0.5) is 10.1 Å². The summed E-state index contributed by atoms with van der Waals surface area (Å²) in [5.74, 6) is 0.280. The van der Waals surface area contributed by atoms with Crippen molar-refractivity contribution in [2.75, 3.05) is 44.7 Å². The van der Waals surface area contributed by atoms with Crippen molar-refractivity contribution >= 4 is 11.7 Å². The lowest BCUT2D eigenvalue weighted by atomic mass is 9.63. The number of nitriles is 1. The second-order valence-electron chi connectivity index (χ2n) is 11.5. The van der Waals surface area contributed by atoms with Gasteiger partial charge in [-0.25, -0.2) is 11.0 Å². The summed E-state index contributed by atoms with van der Waals surface area (Å²) in [4.78, 5) is 21.5. The highest BCUT2D eigenvalue weighted by Gasteiger charge is 2.57. The first-order chi connectivity index (χ1) is 19.0. The summed E-state index contributed by atoms with van der Waals surface area (Å²) in [5.41, 5.74) is 1.79. The number of carbonyl (C=O) groups is 1. The molecule has 2 aromatic rings. The van der Waals surface area contributed by atoms with E-state index in [2.05, 4.69) is 20.7 Å². The van der Waals surface area contributed by atoms with Crippen molar-refractivity contribution in [2.45, 2.75) is 44.1 Å². The Labute approximate surface area is 231 Å². The Kier molecular flexibility index (Phi) is 8.19. The number of methoxy groups -OCH3 is 1. The van der Waals surface area contributed by atoms with Crippen LogP contribution in [-0.2, 0) is 15.1 Å². The number of piperidine rings is 1. The van der Waals surface area contributed by atoms with Crippen LogP contribution >= 0.6 is 0 Å². The van der Waals surface area contributed by atoms with Gasteiger partial charge in [0.15, 0.2) is 0 Å². The molecule has 3 aliphatic rings. The first-order valence-corrected chi connectivity index (χ1v) is 14.2. The molecule has 0 bridgehead atoms. The molecule has 2 aliphatic heterocycles. The predicted molar refractivity (Wildman–Crippen MR) is 148 cm³/mol. The molecule has 5 rings (SSSR count). The molecule has 2 heterocycles. The molecule has 0 radical (unpaired) electrons. The van der Waals surface area contributed by atoms with E-state index >= 15 is 0 Å². The predicted octanol–water partition coefficient (Wildman–Crippen LogP) is 5.64. The van der Waals surface area contributed by atoms with Crippen molar-refractivity contribution in [3.8, 4) is 6.07 Å². The Morgan fingerprint density at radius 2 is 1.90 bits per heavy atom. The van der Waals surface area contributed by atoms with Gasteiger partial charge in [-0.3, -0.25) is 4.79 Å². The normalized spacial score (nSPS) is 23.8. The lowest BCUT2D eigenvalue weighted by Crippen LogP contribution is -2.53. The van der Waals surface area contributed by atoms with Gasteiger partial charge < -0.3 is 19.4 Å². The van der Waals surface area contributed by atoms with Crippen LogP contribution in [0.2, 0.25) is 0 Å². The van der Waals surface area contributed by atoms with E-state index < -0.39 is 5.54 Å². The molecule has 0 amide bonds. The maximum atomic E-state index is 14.5. The number of nitrogens with zero attached hydrogens (tertiary/aromatic N) is 4. The summed E-state index contributed by atoms with van der Waals surface area (Å²) in [6.45, 7) is 13.4. The number of likely N-dealkylation sites (tertiary alicyclic amines) is 1. The molecule has 1 saturated carbocycles. The molecule has 6 nitrogen and oxygen atoms in total. The highest BCUT2D eigenvalue weighted by atomic mass is 19.1. The molecule has 0 aromatic heterocycles. The number of hydrogen-bond donors (Lipinski definition) is 0. The summed E-state index contributed by atoms with van der Waals surface area (Å²) < 4.78 is 19.5. The van der Waals surface area contributed by atoms with Crippen molar-refractivity contribution in [3.05, 3.63) is 76.9 Å². The monoisotopic (exact) mass is 528 g/mol. The van der Waals surface area contributed by atoms with Crippen LogP contribution < -0.4 is 4.90 Å². The average Bonchev–Trinajstić information content (AvgIpc) is 3.40. The van der Waals surface area contributed by atoms with Crippen LogP contribution in [-0.4, -0.2) is 50.7 Å². The molecule has 3 atom stereocenters. The van der Waals surface area contributed by atoms with E-state index in [0.29, 0.717) is 17.9 Å². The van der Waals surface area contributed by atoms with Crippen LogP contribution in [0.1, 0.15) is 49.7 Å². The molecule has 2 aromatic carbocycles. The Hall–Kier alpha value is -3.42. The minimum Gasteiger partial charge on any atom is -0.469 e. The summed E-state index contributed by atoms with van der Waals surface area (Å²) in [6, 6.07) is 16.6. The van der Waals surface area contributed by atoms with E-state index in [0.717, 1.165) is 70.4 Å². The van der Waals surface area contributed by atoms with Gasteiger partial charge in [-0.15, -0.1) is 0 Å². The van der Waals surface area contributed by atoms with Gasteiger partial charge >= 0.3 is 5.97 Å². The topological polar surface area (TPSA) is 60.9 Å². The fourth-order valence-corrected chi connectivity index (χ4v) is 7.45. The minimum absolute atomic E-state index is 0.0139. The van der Waals surface area contributed by atoms with Crippen molar-refractivity contribution in [3.63, 3.8) is 0 Å². The number of rotatable bonds is 8. The number of halogens is 1. The van der Waals surface area contributed by atoms with Gasteiger partial charge in [-0.05, 0) is 81.1 Å². The van der Waals surface area contributed by atoms with Gasteiger partial charge in [-0.2, -0.15) is 5.26 Å². The molecular formula is C32H37FN4O2. The SMILES string of the molecule is [C-]#[N+][C@@](c1cccc(F)c1)(C1CCN(CC2CN(c3ccc(C#N)cc3)C2)CC1)[C@H]1CCC[C@@H]1CC(=O)OC. The molecule has 1 aliphatic carbocycles. The van der Waals surface area contributed by atoms with Gasteiger partial charge in [0, 0.05) is 55.1 Å². The number of esters is 1. The van der Waals surface area contributed by atoms with Crippen LogP contribution in [0.5, 0.6) is 0 Å². The molecule has 0 spiro atoms. The first-order valence-electron chi connectivity index (χ1n) is 14.2. The van der Waals surface area contributed by atoms with Crippen LogP contribution in [0.25, 0.3) is 4.85 Å². The van der Waals surface area contributed by atoms with E-state index in [4.69, 9.17) is 16.6 Å². The number of anilines is 1. The lowest BCUT2D eigenvalue weighted by molar-refractivity contribution is -0.142. The van der Waals surface area contributed by atoms with Crippen LogP contribution in [0.15, 0.2) is 48.5 Å². The van der Waals surface area contributed by atoms with E-state index in [9.17, 15) is 9.18 Å². The summed E-state index contributed by atoms with van der Waals surface area (Å²) in [7, 11) is 1.42. The fraction of sp³-hybridized carbons (Fsp3) is 0.531. The second-order valence-corrected chi connectivity index (χ2v) is 11.5. The zero-order valence-electron chi connectivity index (χ0n) is 22.7. The summed E-state index contributed by atoms with van der Waals surface area (Å²) in [6.07, 6.45) is 4.88. The lowest BCUT2D eigenvalue weighted by Gasteiger charge is -2.46. The average molecular weight is 529 g/mol. The van der Waals surface area contributed by atoms with Gasteiger partial charge in [-0.1, -0.05) is 18.6 Å². The van der Waals surface area contributed by atoms with E-state index in [1.807, 2.05) is 30.3 Å². The highest BCUT2D eigenvalue weighted by molar-refractivity contribution is 5.69. The molecule has 39 heavy (non-hydrogen) atoms. The number of benzene rings is 2. The van der Waals surface area contributed by atoms with Gasteiger partial charge in [0.1, 0.15) is 5.82 Å². The number of carbonyl (C=O) groups excluding carboxylic acids is 1. The summed E-state index contributed by atoms with van der Waals surface area (Å²) >= 11 is 0. The Bertz CT molecular complexity index is 1240. The van der Waals surface area contributed by atoms with Crippen LogP contribution in [0, 0.1) is 47.4 Å². The third-order valence-electron chi connectivity index (χ3n) is 9.40. The third kappa shape index (κ3) is 5.52. The summed E-state index contributed by atoms with van der Waals surface area (Å²) in [5, 5.41) is 9.02. The molecule has 0 unspecified atom stereocenters. The third-order valence-corrected chi connectivity index (χ3v) is 9.40. The van der Waals surface area contributed by atoms with Crippen LogP contribution in [0.3, 0.4) is 0 Å². The van der Waals surface area contributed by atoms with E-state index in [-0.39, 0.29) is 29.5 Å². The second kappa shape index (κ2) is 11.8. The molecule has 3 fully saturated rings. The highest BCUT2D eigenvalue weighted by Crippen LogP contribution is 2.54. The van der Waals surface area contributed by atoms with Crippen molar-refractivity contribution in [1.29, 1.82) is 5.26 Å². The standard InChI is InChI=1S/C32H37FN4O2/c1-35-32(27-6-4-7-28(33)18-27,30-8-3-5-25(30)17-31(38)39-2)26-13-15-36(16-14-26)20-24-21-37(22-24)29-11-9-23(19-34)10-12-29/h4,6-7,9-12,18,24-26,30H,3,5,8,13-17,20-22H2,2H3/t25-,30+,32-/m1/s1. The zero-order valence-corrected chi connectivity index (χ0v) is 22.7. The molecule has 0 N–H and O–H groups in total. The van der Waals surface area contributed by atoms with Crippen molar-refractivity contribution in [2.24, 2.45) is 23.7 Å². The van der Waals surface area contributed by atoms with Gasteiger partial charge in [0.25, 0.3) is 5.54 Å².